The summed E-state index contributed by atoms with van der Waals surface area (Å²) in [5.41, 5.74) is 2.52. The minimum Gasteiger partial charge on any atom is -0.379 e. The number of sulfonamides is 1. The van der Waals surface area contributed by atoms with Crippen molar-refractivity contribution in [3.8, 4) is 0 Å². The molecule has 30 heavy (non-hydrogen) atoms. The maximum Gasteiger partial charge on any atom is 0.248 e. The topological polar surface area (TPSA) is 80.6 Å². The molecule has 7 nitrogen and oxygen atoms in total. The van der Waals surface area contributed by atoms with Crippen molar-refractivity contribution in [3.63, 3.8) is 0 Å². The van der Waals surface area contributed by atoms with Gasteiger partial charge in [0.25, 0.3) is 0 Å². The predicted molar refractivity (Wildman–Crippen MR) is 117 cm³/mol. The third-order valence-corrected chi connectivity index (χ3v) is 7.01. The highest BCUT2D eigenvalue weighted by Gasteiger charge is 2.25. The molecule has 1 saturated heterocycles. The summed E-state index contributed by atoms with van der Waals surface area (Å²) in [6.45, 7) is 1.54. The van der Waals surface area contributed by atoms with Crippen molar-refractivity contribution in [2.45, 2.75) is 4.90 Å². The Morgan fingerprint density at radius 3 is 2.53 bits per heavy atom. The fraction of sp³-hybridized carbons (Fsp3) is 0.227. The van der Waals surface area contributed by atoms with E-state index in [1.165, 1.54) is 10.4 Å². The van der Waals surface area contributed by atoms with Crippen LogP contribution in [0.1, 0.15) is 5.56 Å². The molecule has 1 amide bonds. The first kappa shape index (κ1) is 20.3. The summed E-state index contributed by atoms with van der Waals surface area (Å²) in [5, 5.41) is 3.87. The van der Waals surface area contributed by atoms with Gasteiger partial charge in [-0.05, 0) is 42.0 Å². The number of fused-ring (bicyclic) bond motifs is 1. The highest BCUT2D eigenvalue weighted by atomic mass is 32.2. The number of amides is 1. The number of hydrogen-bond donors (Lipinski definition) is 1. The number of rotatable bonds is 5. The SMILES string of the molecule is Cn1ccc2c(NC(=O)/C=C/c3ccc(S(=O)(=O)N4CCOCC4)cc3)cccc21. The number of carbonyl (C=O) groups is 1. The number of nitrogens with one attached hydrogen (secondary N) is 1. The van der Waals surface area contributed by atoms with Gasteiger partial charge in [-0.3, -0.25) is 4.79 Å². The summed E-state index contributed by atoms with van der Waals surface area (Å²) < 4.78 is 34.0. The Morgan fingerprint density at radius 2 is 1.80 bits per heavy atom. The molecule has 1 fully saturated rings. The van der Waals surface area contributed by atoms with Gasteiger partial charge in [0.15, 0.2) is 0 Å². The van der Waals surface area contributed by atoms with E-state index in [9.17, 15) is 13.2 Å². The van der Waals surface area contributed by atoms with Crippen molar-refractivity contribution in [2.75, 3.05) is 31.6 Å². The quantitative estimate of drug-likeness (QED) is 0.638. The smallest absolute Gasteiger partial charge is 0.248 e. The van der Waals surface area contributed by atoms with Crippen LogP contribution < -0.4 is 5.32 Å². The van der Waals surface area contributed by atoms with Crippen molar-refractivity contribution >= 4 is 38.6 Å². The normalized spacial score (nSPS) is 15.6. The molecule has 2 heterocycles. The summed E-state index contributed by atoms with van der Waals surface area (Å²) in [7, 11) is -1.57. The largest absolute Gasteiger partial charge is 0.379 e. The van der Waals surface area contributed by atoms with Gasteiger partial charge in [-0.15, -0.1) is 0 Å². The Labute approximate surface area is 175 Å². The van der Waals surface area contributed by atoms with Gasteiger partial charge in [0.1, 0.15) is 0 Å². The Morgan fingerprint density at radius 1 is 1.07 bits per heavy atom. The van der Waals surface area contributed by atoms with Crippen molar-refractivity contribution < 1.29 is 17.9 Å². The molecular weight excluding hydrogens is 402 g/mol. The average Bonchev–Trinajstić information content (AvgIpc) is 3.15. The van der Waals surface area contributed by atoms with Crippen LogP contribution in [-0.2, 0) is 26.6 Å². The summed E-state index contributed by atoms with van der Waals surface area (Å²) >= 11 is 0. The molecular formula is C22H23N3O4S. The van der Waals surface area contributed by atoms with Crippen LogP contribution in [0.25, 0.3) is 17.0 Å². The Hall–Kier alpha value is -2.94. The Kier molecular flexibility index (Phi) is 5.72. The number of anilines is 1. The number of ether oxygens (including phenoxy) is 1. The van der Waals surface area contributed by atoms with Crippen LogP contribution in [0.3, 0.4) is 0 Å². The number of benzene rings is 2. The maximum absolute atomic E-state index is 12.7. The lowest BCUT2D eigenvalue weighted by Crippen LogP contribution is -2.40. The van der Waals surface area contributed by atoms with Crippen molar-refractivity contribution in [3.05, 3.63) is 66.4 Å². The minimum atomic E-state index is -3.52. The van der Waals surface area contributed by atoms with Crippen molar-refractivity contribution in [2.24, 2.45) is 7.05 Å². The molecule has 1 aliphatic rings. The van der Waals surface area contributed by atoms with E-state index in [-0.39, 0.29) is 10.8 Å². The molecule has 0 unspecified atom stereocenters. The van der Waals surface area contributed by atoms with E-state index < -0.39 is 10.0 Å². The highest BCUT2D eigenvalue weighted by molar-refractivity contribution is 7.89. The van der Waals surface area contributed by atoms with Gasteiger partial charge in [-0.1, -0.05) is 18.2 Å². The number of hydrogen-bond acceptors (Lipinski definition) is 4. The first-order chi connectivity index (χ1) is 14.4. The van der Waals surface area contributed by atoms with Crippen LogP contribution in [-0.4, -0.2) is 49.5 Å². The van der Waals surface area contributed by atoms with E-state index in [1.54, 1.807) is 30.3 Å². The molecule has 0 aliphatic carbocycles. The number of aryl methyl sites for hydroxylation is 1. The molecule has 2 aromatic carbocycles. The van der Waals surface area contributed by atoms with Crippen molar-refractivity contribution in [1.82, 2.24) is 8.87 Å². The van der Waals surface area contributed by atoms with Gasteiger partial charge in [0.2, 0.25) is 15.9 Å². The third-order valence-electron chi connectivity index (χ3n) is 5.10. The molecule has 1 N–H and O–H groups in total. The monoisotopic (exact) mass is 425 g/mol. The molecule has 0 radical (unpaired) electrons. The van der Waals surface area contributed by atoms with Crippen LogP contribution in [0.5, 0.6) is 0 Å². The molecule has 0 spiro atoms. The Balaban J connectivity index is 1.44. The van der Waals surface area contributed by atoms with Crippen LogP contribution in [0.4, 0.5) is 5.69 Å². The summed E-state index contributed by atoms with van der Waals surface area (Å²) in [4.78, 5) is 12.6. The van der Waals surface area contributed by atoms with Gasteiger partial charge in [-0.2, -0.15) is 4.31 Å². The molecule has 1 aliphatic heterocycles. The molecule has 0 atom stereocenters. The van der Waals surface area contributed by atoms with Gasteiger partial charge in [0, 0.05) is 43.3 Å². The number of aromatic nitrogens is 1. The zero-order valence-electron chi connectivity index (χ0n) is 16.6. The molecule has 1 aromatic heterocycles. The molecule has 0 saturated carbocycles. The molecule has 156 valence electrons. The molecule has 8 heteroatoms. The van der Waals surface area contributed by atoms with Crippen LogP contribution >= 0.6 is 0 Å². The second kappa shape index (κ2) is 8.43. The number of carbonyl (C=O) groups excluding carboxylic acids is 1. The second-order valence-electron chi connectivity index (χ2n) is 7.07. The highest BCUT2D eigenvalue weighted by Crippen LogP contribution is 2.24. The van der Waals surface area contributed by atoms with Gasteiger partial charge in [-0.25, -0.2) is 8.42 Å². The maximum atomic E-state index is 12.7. The van der Waals surface area contributed by atoms with Crippen LogP contribution in [0, 0.1) is 0 Å². The van der Waals surface area contributed by atoms with E-state index in [0.29, 0.717) is 26.3 Å². The number of nitrogens with zero attached hydrogens (tertiary/aromatic N) is 2. The average molecular weight is 426 g/mol. The van der Waals surface area contributed by atoms with E-state index in [1.807, 2.05) is 42.1 Å². The van der Waals surface area contributed by atoms with Gasteiger partial charge < -0.3 is 14.6 Å². The standard InChI is InChI=1S/C22H23N3O4S/c1-24-12-11-19-20(3-2-4-21(19)24)23-22(26)10-7-17-5-8-18(9-6-17)30(27,28)25-13-15-29-16-14-25/h2-12H,13-16H2,1H3,(H,23,26)/b10-7+. The second-order valence-corrected chi connectivity index (χ2v) is 9.01. The lowest BCUT2D eigenvalue weighted by atomic mass is 10.2. The summed E-state index contributed by atoms with van der Waals surface area (Å²) in [6, 6.07) is 14.2. The first-order valence-corrected chi connectivity index (χ1v) is 11.1. The number of morpholine rings is 1. The third kappa shape index (κ3) is 4.16. The van der Waals surface area contributed by atoms with Gasteiger partial charge >= 0.3 is 0 Å². The van der Waals surface area contributed by atoms with E-state index in [4.69, 9.17) is 4.74 Å². The molecule has 3 aromatic rings. The lowest BCUT2D eigenvalue weighted by Gasteiger charge is -2.26. The van der Waals surface area contributed by atoms with Gasteiger partial charge in [0.05, 0.1) is 23.8 Å². The fourth-order valence-electron chi connectivity index (χ4n) is 3.44. The summed E-state index contributed by atoms with van der Waals surface area (Å²) in [6.07, 6.45) is 5.04. The lowest BCUT2D eigenvalue weighted by molar-refractivity contribution is -0.111. The Bertz CT molecular complexity index is 1190. The summed E-state index contributed by atoms with van der Waals surface area (Å²) in [5.74, 6) is -0.253. The van der Waals surface area contributed by atoms with E-state index in [2.05, 4.69) is 5.32 Å². The first-order valence-electron chi connectivity index (χ1n) is 9.66. The van der Waals surface area contributed by atoms with Crippen LogP contribution in [0.15, 0.2) is 65.7 Å². The van der Waals surface area contributed by atoms with E-state index in [0.717, 1.165) is 22.2 Å². The molecule has 4 rings (SSSR count). The van der Waals surface area contributed by atoms with Crippen molar-refractivity contribution in [1.29, 1.82) is 0 Å². The molecule has 0 bridgehead atoms. The predicted octanol–water partition coefficient (Wildman–Crippen LogP) is 2.85. The zero-order valence-corrected chi connectivity index (χ0v) is 17.4. The minimum absolute atomic E-state index is 0.238. The fourth-order valence-corrected chi connectivity index (χ4v) is 4.85. The van der Waals surface area contributed by atoms with E-state index >= 15 is 0 Å². The zero-order chi connectivity index (χ0) is 21.1. The van der Waals surface area contributed by atoms with Crippen LogP contribution in [0.2, 0.25) is 0 Å².